The predicted molar refractivity (Wildman–Crippen MR) is 114 cm³/mol. The van der Waals surface area contributed by atoms with E-state index in [1.807, 2.05) is 42.5 Å². The number of rotatable bonds is 2. The van der Waals surface area contributed by atoms with Crippen molar-refractivity contribution in [2.45, 2.75) is 0 Å². The lowest BCUT2D eigenvalue weighted by Gasteiger charge is -2.16. The summed E-state index contributed by atoms with van der Waals surface area (Å²) in [6.07, 6.45) is 4.12. The van der Waals surface area contributed by atoms with Crippen LogP contribution in [-0.2, 0) is 9.59 Å². The molecule has 1 aliphatic carbocycles. The van der Waals surface area contributed by atoms with Gasteiger partial charge in [-0.2, -0.15) is 0 Å². The van der Waals surface area contributed by atoms with Crippen molar-refractivity contribution in [1.82, 2.24) is 0 Å². The fourth-order valence-electron chi connectivity index (χ4n) is 3.96. The van der Waals surface area contributed by atoms with Gasteiger partial charge in [-0.1, -0.05) is 72.8 Å². The van der Waals surface area contributed by atoms with Gasteiger partial charge in [0.25, 0.3) is 0 Å². The van der Waals surface area contributed by atoms with E-state index in [0.29, 0.717) is 5.57 Å². The summed E-state index contributed by atoms with van der Waals surface area (Å²) in [5, 5.41) is 4.31. The highest BCUT2D eigenvalue weighted by molar-refractivity contribution is 6.36. The van der Waals surface area contributed by atoms with Crippen molar-refractivity contribution in [3.05, 3.63) is 103 Å². The molecule has 2 nitrogen and oxygen atoms in total. The molecule has 0 N–H and O–H groups in total. The normalized spacial score (nSPS) is 13.9. The standard InChI is InChI=1S/C26H16O2/c27-19-13-14-25(28)24(16-19)21-11-6-12-22-23(21)15-18-9-4-5-10-20(18)26(22)17-7-2-1-3-8-17/h1-16H. The molecule has 0 fully saturated rings. The zero-order valence-electron chi connectivity index (χ0n) is 15.1. The van der Waals surface area contributed by atoms with E-state index in [1.54, 1.807) is 0 Å². The monoisotopic (exact) mass is 360 g/mol. The molecule has 0 saturated carbocycles. The van der Waals surface area contributed by atoms with Crippen molar-refractivity contribution in [3.63, 3.8) is 0 Å². The maximum atomic E-state index is 12.5. The Labute approximate surface area is 162 Å². The van der Waals surface area contributed by atoms with Crippen LogP contribution in [0.4, 0.5) is 0 Å². The number of benzene rings is 4. The molecule has 0 aromatic heterocycles. The summed E-state index contributed by atoms with van der Waals surface area (Å²) in [6.45, 7) is 0. The van der Waals surface area contributed by atoms with Gasteiger partial charge in [-0.25, -0.2) is 0 Å². The average Bonchev–Trinajstić information content (AvgIpc) is 2.74. The molecule has 28 heavy (non-hydrogen) atoms. The lowest BCUT2D eigenvalue weighted by molar-refractivity contribution is -0.113. The third kappa shape index (κ3) is 2.58. The van der Waals surface area contributed by atoms with Crippen LogP contribution in [0.3, 0.4) is 0 Å². The van der Waals surface area contributed by atoms with Gasteiger partial charge in [0.15, 0.2) is 11.6 Å². The van der Waals surface area contributed by atoms with Gasteiger partial charge >= 0.3 is 0 Å². The fourth-order valence-corrected chi connectivity index (χ4v) is 3.96. The first kappa shape index (κ1) is 16.4. The molecular weight excluding hydrogens is 344 g/mol. The largest absolute Gasteiger partial charge is 0.290 e. The average molecular weight is 360 g/mol. The summed E-state index contributed by atoms with van der Waals surface area (Å²) < 4.78 is 0. The second kappa shape index (κ2) is 6.43. The van der Waals surface area contributed by atoms with Crippen LogP contribution in [0.25, 0.3) is 38.2 Å². The molecule has 5 rings (SSSR count). The van der Waals surface area contributed by atoms with Gasteiger partial charge in [-0.15, -0.1) is 0 Å². The number of hydrogen-bond donors (Lipinski definition) is 0. The minimum Gasteiger partial charge on any atom is -0.290 e. The number of carbonyl (C=O) groups excluding carboxylic acids is 2. The van der Waals surface area contributed by atoms with E-state index in [-0.39, 0.29) is 11.6 Å². The molecule has 1 aliphatic rings. The molecule has 0 aliphatic heterocycles. The van der Waals surface area contributed by atoms with Crippen LogP contribution in [0.2, 0.25) is 0 Å². The van der Waals surface area contributed by atoms with E-state index in [4.69, 9.17) is 0 Å². The van der Waals surface area contributed by atoms with Crippen LogP contribution in [0.5, 0.6) is 0 Å². The smallest absolute Gasteiger partial charge is 0.186 e. The fraction of sp³-hybridized carbons (Fsp3) is 0. The van der Waals surface area contributed by atoms with E-state index in [2.05, 4.69) is 36.4 Å². The van der Waals surface area contributed by atoms with Crippen molar-refractivity contribution >= 4 is 38.7 Å². The van der Waals surface area contributed by atoms with Gasteiger partial charge < -0.3 is 0 Å². The first-order chi connectivity index (χ1) is 13.7. The summed E-state index contributed by atoms with van der Waals surface area (Å²) in [5.74, 6) is -0.294. The number of fused-ring (bicyclic) bond motifs is 2. The topological polar surface area (TPSA) is 34.1 Å². The summed E-state index contributed by atoms with van der Waals surface area (Å²) in [6, 6.07) is 26.6. The third-order valence-electron chi connectivity index (χ3n) is 5.21. The maximum absolute atomic E-state index is 12.5. The Morgan fingerprint density at radius 1 is 0.607 bits per heavy atom. The molecule has 0 heterocycles. The van der Waals surface area contributed by atoms with Crippen molar-refractivity contribution in [1.29, 1.82) is 0 Å². The van der Waals surface area contributed by atoms with Gasteiger partial charge in [0, 0.05) is 5.57 Å². The molecule has 0 saturated heterocycles. The molecule has 4 aromatic carbocycles. The summed E-state index contributed by atoms with van der Waals surface area (Å²) in [4.78, 5) is 24.4. The van der Waals surface area contributed by atoms with Crippen molar-refractivity contribution in [2.24, 2.45) is 0 Å². The number of hydrogen-bond acceptors (Lipinski definition) is 2. The van der Waals surface area contributed by atoms with Crippen molar-refractivity contribution in [3.8, 4) is 11.1 Å². The van der Waals surface area contributed by atoms with E-state index in [0.717, 1.165) is 32.8 Å². The van der Waals surface area contributed by atoms with E-state index in [1.165, 1.54) is 23.6 Å². The lowest BCUT2D eigenvalue weighted by Crippen LogP contribution is -2.07. The van der Waals surface area contributed by atoms with Crippen LogP contribution in [0.15, 0.2) is 97.1 Å². The quantitative estimate of drug-likeness (QED) is 0.337. The Balaban J connectivity index is 1.91. The van der Waals surface area contributed by atoms with E-state index in [9.17, 15) is 9.59 Å². The molecule has 0 atom stereocenters. The van der Waals surface area contributed by atoms with Crippen LogP contribution in [-0.4, -0.2) is 11.6 Å². The lowest BCUT2D eigenvalue weighted by atomic mass is 9.87. The Morgan fingerprint density at radius 3 is 2.21 bits per heavy atom. The van der Waals surface area contributed by atoms with Gasteiger partial charge in [-0.05, 0) is 62.5 Å². The SMILES string of the molecule is O=C1C=CC(=O)C(c2cccc3c(-c4ccccc4)c4ccccc4cc23)=C1. The number of ketones is 2. The molecule has 0 unspecified atom stereocenters. The summed E-state index contributed by atoms with van der Waals surface area (Å²) >= 11 is 0. The predicted octanol–water partition coefficient (Wildman–Crippen LogP) is 5.75. The highest BCUT2D eigenvalue weighted by Gasteiger charge is 2.19. The zero-order chi connectivity index (χ0) is 19.1. The molecule has 0 bridgehead atoms. The Morgan fingerprint density at radius 2 is 1.36 bits per heavy atom. The number of carbonyl (C=O) groups is 2. The summed E-state index contributed by atoms with van der Waals surface area (Å²) in [7, 11) is 0. The number of allylic oxidation sites excluding steroid dienone is 4. The molecule has 0 radical (unpaired) electrons. The van der Waals surface area contributed by atoms with E-state index >= 15 is 0 Å². The molecule has 132 valence electrons. The second-order valence-electron chi connectivity index (χ2n) is 6.90. The van der Waals surface area contributed by atoms with Crippen molar-refractivity contribution in [2.75, 3.05) is 0 Å². The first-order valence-electron chi connectivity index (χ1n) is 9.21. The van der Waals surface area contributed by atoms with Gasteiger partial charge in [0.05, 0.1) is 0 Å². The molecule has 0 amide bonds. The first-order valence-corrected chi connectivity index (χ1v) is 9.21. The van der Waals surface area contributed by atoms with Gasteiger partial charge in [-0.3, -0.25) is 9.59 Å². The van der Waals surface area contributed by atoms with Crippen LogP contribution in [0, 0.1) is 0 Å². The van der Waals surface area contributed by atoms with Crippen molar-refractivity contribution < 1.29 is 9.59 Å². The summed E-state index contributed by atoms with van der Waals surface area (Å²) in [5.41, 5.74) is 3.51. The molecule has 2 heteroatoms. The Hall–Kier alpha value is -3.78. The highest BCUT2D eigenvalue weighted by Crippen LogP contribution is 2.39. The van der Waals surface area contributed by atoms with Gasteiger partial charge in [0.2, 0.25) is 0 Å². The maximum Gasteiger partial charge on any atom is 0.186 e. The highest BCUT2D eigenvalue weighted by atomic mass is 16.1. The zero-order valence-corrected chi connectivity index (χ0v) is 15.1. The van der Waals surface area contributed by atoms with Gasteiger partial charge in [0.1, 0.15) is 0 Å². The van der Waals surface area contributed by atoms with Crippen LogP contribution in [0.1, 0.15) is 5.56 Å². The second-order valence-corrected chi connectivity index (χ2v) is 6.90. The van der Waals surface area contributed by atoms with Crippen LogP contribution < -0.4 is 0 Å². The minimum absolute atomic E-state index is 0.137. The van der Waals surface area contributed by atoms with Crippen LogP contribution >= 0.6 is 0 Å². The minimum atomic E-state index is -0.157. The Bertz CT molecular complexity index is 1320. The molecular formula is C26H16O2. The van der Waals surface area contributed by atoms with E-state index < -0.39 is 0 Å². The molecule has 4 aromatic rings. The third-order valence-corrected chi connectivity index (χ3v) is 5.21. The molecule has 0 spiro atoms. The Kier molecular flexibility index (Phi) is 3.77.